The van der Waals surface area contributed by atoms with Gasteiger partial charge in [-0.25, -0.2) is 0 Å². The Hall–Kier alpha value is 0.309. The Balaban J connectivity index is 0. The van der Waals surface area contributed by atoms with Crippen LogP contribution in [-0.2, 0) is 17.1 Å². The maximum atomic E-state index is 9.46. The summed E-state index contributed by atoms with van der Waals surface area (Å²) in [6, 6.07) is -0.523. The summed E-state index contributed by atoms with van der Waals surface area (Å²) in [7, 11) is 0. The molecule has 0 atom stereocenters. The van der Waals surface area contributed by atoms with Gasteiger partial charge in [-0.05, 0) is 0 Å². The van der Waals surface area contributed by atoms with Gasteiger partial charge in [0.1, 0.15) is 0 Å². The Morgan fingerprint density at radius 3 is 2.00 bits per heavy atom. The zero-order valence-corrected chi connectivity index (χ0v) is 5.55. The molecule has 0 aromatic rings. The van der Waals surface area contributed by atoms with E-state index in [1.807, 2.05) is 16.2 Å². The minimum Gasteiger partial charge on any atom is 0 e. The summed E-state index contributed by atoms with van der Waals surface area (Å²) in [5, 5.41) is 0. The SMILES string of the molecule is NC(=O)N[SeH].[Cu]. The van der Waals surface area contributed by atoms with E-state index < -0.39 is 6.03 Å². The van der Waals surface area contributed by atoms with E-state index >= 15 is 0 Å². The smallest absolute Gasteiger partial charge is 0 e. The molecule has 1 radical (unpaired) electrons. The number of carbonyl (C=O) groups excluding carboxylic acids is 1. The van der Waals surface area contributed by atoms with Crippen molar-refractivity contribution in [3.05, 3.63) is 0 Å². The van der Waals surface area contributed by atoms with E-state index in [-0.39, 0.29) is 17.1 Å². The van der Waals surface area contributed by atoms with Crippen LogP contribution in [0.4, 0.5) is 4.79 Å². The standard InChI is InChI=1S/CH4N2OSe.Cu/c2-1(4)3-5;/h5H,(H3,2,3,4);. The molecule has 41 valence electrons. The third kappa shape index (κ3) is 8.85. The van der Waals surface area contributed by atoms with Crippen molar-refractivity contribution in [2.75, 3.05) is 0 Å². The van der Waals surface area contributed by atoms with Crippen molar-refractivity contribution in [3.63, 3.8) is 0 Å². The number of amides is 2. The number of nitrogens with one attached hydrogen (secondary N) is 1. The topological polar surface area (TPSA) is 55.1 Å². The van der Waals surface area contributed by atoms with Crippen molar-refractivity contribution < 1.29 is 21.9 Å². The van der Waals surface area contributed by atoms with E-state index in [1.54, 1.807) is 0 Å². The van der Waals surface area contributed by atoms with E-state index in [0.29, 0.717) is 0 Å². The zero-order chi connectivity index (χ0) is 4.28. The fourth-order valence-corrected chi connectivity index (χ4v) is 0. The Morgan fingerprint density at radius 2 is 2.00 bits per heavy atom. The molecule has 0 bridgehead atoms. The third-order valence-electron chi connectivity index (χ3n) is 0.110. The van der Waals surface area contributed by atoms with Gasteiger partial charge in [0.2, 0.25) is 0 Å². The first-order chi connectivity index (χ1) is 2.27. The Morgan fingerprint density at radius 1 is 1.83 bits per heavy atom. The van der Waals surface area contributed by atoms with Gasteiger partial charge in [0.05, 0.1) is 0 Å². The molecule has 0 saturated heterocycles. The van der Waals surface area contributed by atoms with Gasteiger partial charge in [-0.1, -0.05) is 0 Å². The average molecular weight is 203 g/mol. The molecule has 0 aliphatic heterocycles. The molecule has 0 rings (SSSR count). The Bertz CT molecular complexity index is 48.8. The van der Waals surface area contributed by atoms with Crippen LogP contribution in [0.25, 0.3) is 0 Å². The molecule has 0 heterocycles. The Kier molecular flexibility index (Phi) is 8.47. The van der Waals surface area contributed by atoms with Crippen LogP contribution in [0.1, 0.15) is 0 Å². The maximum absolute atomic E-state index is 9.46. The van der Waals surface area contributed by atoms with E-state index in [9.17, 15) is 4.79 Å². The van der Waals surface area contributed by atoms with Crippen LogP contribution in [0.3, 0.4) is 0 Å². The number of urea groups is 1. The van der Waals surface area contributed by atoms with Crippen LogP contribution in [0.2, 0.25) is 0 Å². The van der Waals surface area contributed by atoms with E-state index in [2.05, 4.69) is 10.1 Å². The molecule has 0 aromatic heterocycles. The first-order valence-corrected chi connectivity index (χ1v) is 1.90. The number of nitrogens with two attached hydrogens (primary N) is 1. The predicted molar refractivity (Wildman–Crippen MR) is 19.9 cm³/mol. The first-order valence-electron chi connectivity index (χ1n) is 0.966. The molecular weight excluding hydrogens is 199 g/mol. The van der Waals surface area contributed by atoms with Gasteiger partial charge in [-0.15, -0.1) is 0 Å². The summed E-state index contributed by atoms with van der Waals surface area (Å²) in [4.78, 5) is 9.46. The molecule has 0 spiro atoms. The van der Waals surface area contributed by atoms with Crippen molar-refractivity contribution in [1.29, 1.82) is 0 Å². The largest absolute Gasteiger partial charge is 0 e. The van der Waals surface area contributed by atoms with E-state index in [4.69, 9.17) is 0 Å². The third-order valence-corrected chi connectivity index (χ3v) is 0.573. The van der Waals surface area contributed by atoms with Crippen molar-refractivity contribution in [2.45, 2.75) is 0 Å². The summed E-state index contributed by atoms with van der Waals surface area (Å²) in [6.45, 7) is 0. The zero-order valence-electron chi connectivity index (χ0n) is 2.73. The van der Waals surface area contributed by atoms with Crippen molar-refractivity contribution in [3.8, 4) is 0 Å². The summed E-state index contributed by atoms with van der Waals surface area (Å²) in [5.41, 5.74) is 4.53. The predicted octanol–water partition coefficient (Wildman–Crippen LogP) is -1.53. The Labute approximate surface area is 54.5 Å². The molecule has 0 aliphatic rings. The second kappa shape index (κ2) is 5.31. The number of hydrogen-bond acceptors (Lipinski definition) is 1. The van der Waals surface area contributed by atoms with Crippen LogP contribution in [-0.4, -0.2) is 22.3 Å². The van der Waals surface area contributed by atoms with Crippen LogP contribution in [0, 0.1) is 0 Å². The average Bonchev–Trinajstić information content (AvgIpc) is 1.38. The maximum Gasteiger partial charge on any atom is 0 e. The molecular formula is CH4CuN2OSe. The van der Waals surface area contributed by atoms with Crippen LogP contribution >= 0.6 is 0 Å². The molecule has 0 unspecified atom stereocenters. The summed E-state index contributed by atoms with van der Waals surface area (Å²) >= 11 is 1.85. The molecule has 0 aromatic carbocycles. The first kappa shape index (κ1) is 9.58. The molecule has 0 fully saturated rings. The van der Waals surface area contributed by atoms with E-state index in [1.165, 1.54) is 0 Å². The molecule has 0 saturated carbocycles. The van der Waals surface area contributed by atoms with Crippen molar-refractivity contribution >= 4 is 22.3 Å². The molecule has 3 N–H and O–H groups in total. The fraction of sp³-hybridized carbons (Fsp3) is 0. The summed E-state index contributed by atoms with van der Waals surface area (Å²) in [6.07, 6.45) is 0. The van der Waals surface area contributed by atoms with Gasteiger partial charge in [0, 0.05) is 17.1 Å². The fourth-order valence-electron chi connectivity index (χ4n) is 0. The monoisotopic (exact) mass is 203 g/mol. The van der Waals surface area contributed by atoms with Crippen molar-refractivity contribution in [1.82, 2.24) is 4.33 Å². The molecule has 5 heteroatoms. The number of hydrogen-bond donors (Lipinski definition) is 2. The van der Waals surface area contributed by atoms with Gasteiger partial charge < -0.3 is 0 Å². The number of rotatable bonds is 0. The van der Waals surface area contributed by atoms with Crippen LogP contribution in [0.15, 0.2) is 0 Å². The van der Waals surface area contributed by atoms with E-state index in [0.717, 1.165) is 0 Å². The summed E-state index contributed by atoms with van der Waals surface area (Å²) in [5.74, 6) is 0. The van der Waals surface area contributed by atoms with Gasteiger partial charge >= 0.3 is 37.1 Å². The minimum atomic E-state index is -0.523. The van der Waals surface area contributed by atoms with Crippen molar-refractivity contribution in [2.24, 2.45) is 5.73 Å². The molecule has 0 aliphatic carbocycles. The number of carbonyl (C=O) groups is 1. The van der Waals surface area contributed by atoms with Crippen LogP contribution < -0.4 is 10.1 Å². The molecule has 2 amide bonds. The normalized spacial score (nSPS) is 5.50. The quantitative estimate of drug-likeness (QED) is 0.460. The minimum absolute atomic E-state index is 0. The van der Waals surface area contributed by atoms with Gasteiger partial charge in [-0.2, -0.15) is 0 Å². The van der Waals surface area contributed by atoms with Gasteiger partial charge in [0.25, 0.3) is 0 Å². The van der Waals surface area contributed by atoms with Crippen LogP contribution in [0.5, 0.6) is 0 Å². The molecule has 6 heavy (non-hydrogen) atoms. The van der Waals surface area contributed by atoms with Gasteiger partial charge in [0.15, 0.2) is 0 Å². The van der Waals surface area contributed by atoms with Gasteiger partial charge in [-0.3, -0.25) is 0 Å². The number of primary amides is 1. The summed E-state index contributed by atoms with van der Waals surface area (Å²) < 4.78 is 2.10. The molecule has 3 nitrogen and oxygen atoms in total. The second-order valence-electron chi connectivity index (χ2n) is 0.476. The second-order valence-corrected chi connectivity index (χ2v) is 0.945.